The predicted octanol–water partition coefficient (Wildman–Crippen LogP) is 6.25. The van der Waals surface area contributed by atoms with Crippen LogP contribution in [0, 0.1) is 6.92 Å². The van der Waals surface area contributed by atoms with Gasteiger partial charge in [0.2, 0.25) is 5.95 Å². The molecule has 1 aliphatic rings. The van der Waals surface area contributed by atoms with Crippen molar-refractivity contribution in [3.8, 4) is 11.5 Å². The maximum absolute atomic E-state index is 13.9. The third kappa shape index (κ3) is 5.28. The number of aromatic nitrogens is 3. The van der Waals surface area contributed by atoms with Crippen molar-refractivity contribution in [3.63, 3.8) is 0 Å². The van der Waals surface area contributed by atoms with Gasteiger partial charge in [0.25, 0.3) is 5.91 Å². The van der Waals surface area contributed by atoms with E-state index in [0.29, 0.717) is 47.6 Å². The molecule has 0 saturated carbocycles. The van der Waals surface area contributed by atoms with Gasteiger partial charge in [-0.2, -0.15) is 10.1 Å². The number of benzene rings is 3. The van der Waals surface area contributed by atoms with Crippen LogP contribution in [0.25, 0.3) is 0 Å². The molecule has 1 atom stereocenters. The van der Waals surface area contributed by atoms with Gasteiger partial charge in [-0.3, -0.25) is 4.79 Å². The normalized spacial score (nSPS) is 14.5. The molecule has 1 aromatic heterocycles. The van der Waals surface area contributed by atoms with Crippen molar-refractivity contribution in [1.82, 2.24) is 14.8 Å². The van der Waals surface area contributed by atoms with Crippen LogP contribution in [0.4, 0.5) is 11.6 Å². The van der Waals surface area contributed by atoms with Gasteiger partial charge in [-0.25, -0.2) is 4.68 Å². The maximum Gasteiger partial charge on any atom is 0.255 e. The molecular weight excluding hydrogens is 546 g/mol. The number of rotatable bonds is 8. The van der Waals surface area contributed by atoms with Gasteiger partial charge in [0.1, 0.15) is 30.5 Å². The highest BCUT2D eigenvalue weighted by molar-refractivity contribution is 9.10. The first-order valence-electron chi connectivity index (χ1n) is 12.3. The molecule has 0 aliphatic carbocycles. The molecule has 0 fully saturated rings. The number of carbonyl (C=O) groups excluding carboxylic acids is 1. The number of carbonyl (C=O) groups is 1. The summed E-state index contributed by atoms with van der Waals surface area (Å²) < 4.78 is 14.6. The van der Waals surface area contributed by atoms with E-state index in [9.17, 15) is 4.79 Å². The Morgan fingerprint density at radius 3 is 2.63 bits per heavy atom. The fraction of sp³-hybridized carbons (Fsp3) is 0.207. The topological polar surface area (TPSA) is 90.3 Å². The first kappa shape index (κ1) is 25.5. The molecule has 8 nitrogen and oxygen atoms in total. The lowest BCUT2D eigenvalue weighted by Crippen LogP contribution is -2.32. The third-order valence-electron chi connectivity index (χ3n) is 6.26. The number of para-hydroxylation sites is 2. The minimum absolute atomic E-state index is 0.280. The fourth-order valence-corrected chi connectivity index (χ4v) is 4.80. The summed E-state index contributed by atoms with van der Waals surface area (Å²) in [4.78, 5) is 18.2. The van der Waals surface area contributed by atoms with E-state index in [1.807, 2.05) is 68.4 Å². The van der Waals surface area contributed by atoms with Crippen LogP contribution in [0.1, 0.15) is 36.6 Å². The molecule has 38 heavy (non-hydrogen) atoms. The monoisotopic (exact) mass is 573 g/mol. The smallest absolute Gasteiger partial charge is 0.255 e. The van der Waals surface area contributed by atoms with Crippen LogP contribution < -0.4 is 20.1 Å². The highest BCUT2D eigenvalue weighted by atomic mass is 79.9. The SMILES string of the molecule is CCOc1ccccc1NC(=O)C1=C(C)Nc2ncnn2C1c1cc(Br)ccc1OCc1ccc(C)cc1. The molecular formula is C29H28BrN5O3. The number of hydrogen-bond donors (Lipinski definition) is 2. The van der Waals surface area contributed by atoms with E-state index < -0.39 is 6.04 Å². The summed E-state index contributed by atoms with van der Waals surface area (Å²) in [6, 6.07) is 20.8. The van der Waals surface area contributed by atoms with E-state index >= 15 is 0 Å². The number of aryl methyl sites for hydroxylation is 1. The fourth-order valence-electron chi connectivity index (χ4n) is 4.42. The quantitative estimate of drug-likeness (QED) is 0.259. The molecule has 1 amide bonds. The van der Waals surface area contributed by atoms with Gasteiger partial charge < -0.3 is 20.1 Å². The molecule has 3 aromatic carbocycles. The van der Waals surface area contributed by atoms with Crippen LogP contribution in [0.5, 0.6) is 11.5 Å². The van der Waals surface area contributed by atoms with Gasteiger partial charge >= 0.3 is 0 Å². The number of nitrogens with one attached hydrogen (secondary N) is 2. The summed E-state index contributed by atoms with van der Waals surface area (Å²) in [7, 11) is 0. The number of nitrogens with zero attached hydrogens (tertiary/aromatic N) is 3. The summed E-state index contributed by atoms with van der Waals surface area (Å²) in [5, 5.41) is 10.7. The van der Waals surface area contributed by atoms with Crippen molar-refractivity contribution in [2.75, 3.05) is 17.2 Å². The van der Waals surface area contributed by atoms with Gasteiger partial charge in [-0.1, -0.05) is 57.9 Å². The summed E-state index contributed by atoms with van der Waals surface area (Å²) in [6.07, 6.45) is 1.47. The van der Waals surface area contributed by atoms with Gasteiger partial charge in [0.15, 0.2) is 0 Å². The molecule has 194 valence electrons. The number of hydrogen-bond acceptors (Lipinski definition) is 6. The van der Waals surface area contributed by atoms with Crippen LogP contribution in [0.3, 0.4) is 0 Å². The van der Waals surface area contributed by atoms with Crippen LogP contribution in [-0.2, 0) is 11.4 Å². The van der Waals surface area contributed by atoms with Crippen LogP contribution in [0.15, 0.2) is 88.8 Å². The number of allylic oxidation sites excluding steroid dienone is 1. The maximum atomic E-state index is 13.9. The number of amides is 1. The average molecular weight is 574 g/mol. The van der Waals surface area contributed by atoms with Gasteiger partial charge in [0.05, 0.1) is 17.9 Å². The summed E-state index contributed by atoms with van der Waals surface area (Å²) in [6.45, 7) is 6.69. The second kappa shape index (κ2) is 11.1. The Bertz CT molecular complexity index is 1500. The molecule has 0 radical (unpaired) electrons. The molecule has 2 N–H and O–H groups in total. The minimum atomic E-state index is -0.585. The van der Waals surface area contributed by atoms with Crippen molar-refractivity contribution in [1.29, 1.82) is 0 Å². The number of ether oxygens (including phenoxy) is 2. The summed E-state index contributed by atoms with van der Waals surface area (Å²) >= 11 is 3.60. The van der Waals surface area contributed by atoms with Crippen molar-refractivity contribution in [2.24, 2.45) is 0 Å². The molecule has 9 heteroatoms. The largest absolute Gasteiger partial charge is 0.492 e. The molecule has 4 aromatic rings. The predicted molar refractivity (Wildman–Crippen MR) is 150 cm³/mol. The van der Waals surface area contributed by atoms with E-state index in [4.69, 9.17) is 9.47 Å². The Labute approximate surface area is 229 Å². The lowest BCUT2D eigenvalue weighted by Gasteiger charge is -2.30. The van der Waals surface area contributed by atoms with E-state index in [0.717, 1.165) is 15.6 Å². The van der Waals surface area contributed by atoms with Crippen LogP contribution >= 0.6 is 15.9 Å². The molecule has 2 heterocycles. The van der Waals surface area contributed by atoms with Gasteiger partial charge in [-0.15, -0.1) is 0 Å². The summed E-state index contributed by atoms with van der Waals surface area (Å²) in [5.41, 5.74) is 4.77. The zero-order chi connectivity index (χ0) is 26.6. The minimum Gasteiger partial charge on any atom is -0.492 e. The Morgan fingerprint density at radius 2 is 1.84 bits per heavy atom. The lowest BCUT2D eigenvalue weighted by atomic mass is 9.94. The van der Waals surface area contributed by atoms with E-state index in [1.165, 1.54) is 11.9 Å². The van der Waals surface area contributed by atoms with Crippen LogP contribution in [-0.4, -0.2) is 27.3 Å². The molecule has 0 spiro atoms. The molecule has 1 unspecified atom stereocenters. The molecule has 0 saturated heterocycles. The van der Waals surface area contributed by atoms with Crippen molar-refractivity contribution >= 4 is 33.5 Å². The van der Waals surface area contributed by atoms with Gasteiger partial charge in [-0.05, 0) is 56.7 Å². The highest BCUT2D eigenvalue weighted by Crippen LogP contribution is 2.41. The van der Waals surface area contributed by atoms with Crippen molar-refractivity contribution < 1.29 is 14.3 Å². The Balaban J connectivity index is 1.54. The Kier molecular flexibility index (Phi) is 7.46. The lowest BCUT2D eigenvalue weighted by molar-refractivity contribution is -0.113. The molecule has 5 rings (SSSR count). The number of anilines is 2. The van der Waals surface area contributed by atoms with Gasteiger partial charge in [0, 0.05) is 15.7 Å². The Hall–Kier alpha value is -4.11. The van der Waals surface area contributed by atoms with Crippen molar-refractivity contribution in [3.05, 3.63) is 105 Å². The molecule has 0 bridgehead atoms. The third-order valence-corrected chi connectivity index (χ3v) is 6.75. The molecule has 1 aliphatic heterocycles. The van der Waals surface area contributed by atoms with E-state index in [2.05, 4.69) is 55.7 Å². The second-order valence-electron chi connectivity index (χ2n) is 8.93. The first-order chi connectivity index (χ1) is 18.4. The first-order valence-corrected chi connectivity index (χ1v) is 13.1. The zero-order valence-electron chi connectivity index (χ0n) is 21.4. The van der Waals surface area contributed by atoms with Crippen molar-refractivity contribution in [2.45, 2.75) is 33.4 Å². The Morgan fingerprint density at radius 1 is 1.05 bits per heavy atom. The standard InChI is InChI=1S/C29H28BrN5O3/c1-4-37-25-8-6-5-7-23(25)34-28(36)26-19(3)33-29-31-17-32-35(29)27(26)22-15-21(30)13-14-24(22)38-16-20-11-9-18(2)10-12-20/h5-15,17,27H,4,16H2,1-3H3,(H,34,36)(H,31,32,33). The summed E-state index contributed by atoms with van der Waals surface area (Å²) in [5.74, 6) is 1.52. The number of fused-ring (bicyclic) bond motifs is 1. The average Bonchev–Trinajstić information content (AvgIpc) is 3.37. The second-order valence-corrected chi connectivity index (χ2v) is 9.85. The zero-order valence-corrected chi connectivity index (χ0v) is 23.0. The highest BCUT2D eigenvalue weighted by Gasteiger charge is 2.35. The van der Waals surface area contributed by atoms with E-state index in [-0.39, 0.29) is 5.91 Å². The van der Waals surface area contributed by atoms with E-state index in [1.54, 1.807) is 4.68 Å². The van der Waals surface area contributed by atoms with Crippen LogP contribution in [0.2, 0.25) is 0 Å². The number of halogens is 1.